The first-order valence-electron chi connectivity index (χ1n) is 3.18. The topological polar surface area (TPSA) is 32.3 Å². The molecule has 0 aromatic carbocycles. The van der Waals surface area contributed by atoms with E-state index in [1.54, 1.807) is 11.3 Å². The number of hydrogen-bond donors (Lipinski definition) is 2. The summed E-state index contributed by atoms with van der Waals surface area (Å²) in [6.07, 6.45) is 0. The second-order valence-electron chi connectivity index (χ2n) is 2.08. The summed E-state index contributed by atoms with van der Waals surface area (Å²) in [5.74, 6) is 0. The summed E-state index contributed by atoms with van der Waals surface area (Å²) < 4.78 is 0. The largest absolute Gasteiger partial charge is 0.394 e. The summed E-state index contributed by atoms with van der Waals surface area (Å²) in [6, 6.07) is 2.12. The molecule has 0 radical (unpaired) electrons. The highest BCUT2D eigenvalue weighted by Gasteiger charge is 2.05. The predicted molar refractivity (Wildman–Crippen MR) is 43.2 cm³/mol. The molecule has 0 fully saturated rings. The van der Waals surface area contributed by atoms with Gasteiger partial charge < -0.3 is 10.4 Å². The zero-order chi connectivity index (χ0) is 7.40. The molecule has 1 heterocycles. The monoisotopic (exact) mass is 157 g/mol. The minimum atomic E-state index is 0.103. The van der Waals surface area contributed by atoms with E-state index in [4.69, 9.17) is 5.11 Å². The molecule has 0 unspecified atom stereocenters. The summed E-state index contributed by atoms with van der Waals surface area (Å²) in [7, 11) is 1.85. The van der Waals surface area contributed by atoms with E-state index in [-0.39, 0.29) is 12.6 Å². The van der Waals surface area contributed by atoms with Crippen LogP contribution in [0, 0.1) is 0 Å². The normalized spacial score (nSPS) is 13.4. The lowest BCUT2D eigenvalue weighted by Gasteiger charge is -2.09. The molecule has 2 nitrogen and oxygen atoms in total. The van der Waals surface area contributed by atoms with Crippen LogP contribution in [0.25, 0.3) is 0 Å². The SMILES string of the molecule is CN[C@H](CO)c1ccsc1. The van der Waals surface area contributed by atoms with E-state index in [9.17, 15) is 0 Å². The molecular formula is C7H11NOS. The average Bonchev–Trinajstić information content (AvgIpc) is 2.43. The van der Waals surface area contributed by atoms with Gasteiger partial charge in [0.1, 0.15) is 0 Å². The van der Waals surface area contributed by atoms with Gasteiger partial charge in [-0.2, -0.15) is 11.3 Å². The first kappa shape index (κ1) is 7.72. The predicted octanol–water partition coefficient (Wildman–Crippen LogP) is 1.00. The van der Waals surface area contributed by atoms with Gasteiger partial charge in [-0.3, -0.25) is 0 Å². The Labute approximate surface area is 64.5 Å². The summed E-state index contributed by atoms with van der Waals surface area (Å²) in [5, 5.41) is 15.9. The van der Waals surface area contributed by atoms with Crippen LogP contribution in [0.2, 0.25) is 0 Å². The zero-order valence-electron chi connectivity index (χ0n) is 5.87. The lowest BCUT2D eigenvalue weighted by atomic mass is 10.2. The van der Waals surface area contributed by atoms with Crippen molar-refractivity contribution in [3.8, 4) is 0 Å². The minimum Gasteiger partial charge on any atom is -0.394 e. The summed E-state index contributed by atoms with van der Waals surface area (Å²) >= 11 is 1.65. The van der Waals surface area contributed by atoms with Gasteiger partial charge in [-0.1, -0.05) is 0 Å². The third-order valence-corrected chi connectivity index (χ3v) is 2.18. The lowest BCUT2D eigenvalue weighted by Crippen LogP contribution is -2.18. The van der Waals surface area contributed by atoms with Gasteiger partial charge in [-0.05, 0) is 29.4 Å². The molecule has 0 aliphatic heterocycles. The Morgan fingerprint density at radius 1 is 1.80 bits per heavy atom. The van der Waals surface area contributed by atoms with Crippen LogP contribution < -0.4 is 5.32 Å². The molecule has 0 aliphatic rings. The number of aliphatic hydroxyl groups is 1. The van der Waals surface area contributed by atoms with Gasteiger partial charge in [0.25, 0.3) is 0 Å². The van der Waals surface area contributed by atoms with Crippen LogP contribution in [0.4, 0.5) is 0 Å². The van der Waals surface area contributed by atoms with Crippen molar-refractivity contribution < 1.29 is 5.11 Å². The van der Waals surface area contributed by atoms with Crippen LogP contribution in [0.3, 0.4) is 0 Å². The molecule has 0 amide bonds. The molecule has 1 rings (SSSR count). The highest BCUT2D eigenvalue weighted by atomic mass is 32.1. The number of hydrogen-bond acceptors (Lipinski definition) is 3. The molecule has 0 saturated carbocycles. The van der Waals surface area contributed by atoms with E-state index in [1.165, 1.54) is 0 Å². The number of thiophene rings is 1. The minimum absolute atomic E-state index is 0.103. The van der Waals surface area contributed by atoms with Gasteiger partial charge in [-0.25, -0.2) is 0 Å². The highest BCUT2D eigenvalue weighted by molar-refractivity contribution is 7.07. The van der Waals surface area contributed by atoms with Crippen molar-refractivity contribution in [1.82, 2.24) is 5.32 Å². The number of rotatable bonds is 3. The molecule has 10 heavy (non-hydrogen) atoms. The molecular weight excluding hydrogens is 146 g/mol. The molecule has 1 atom stereocenters. The Morgan fingerprint density at radius 2 is 2.60 bits per heavy atom. The Hall–Kier alpha value is -0.380. The van der Waals surface area contributed by atoms with E-state index in [1.807, 2.05) is 23.9 Å². The van der Waals surface area contributed by atoms with Crippen LogP contribution in [0.5, 0.6) is 0 Å². The summed E-state index contributed by atoms with van der Waals surface area (Å²) in [5.41, 5.74) is 1.16. The van der Waals surface area contributed by atoms with Crippen LogP contribution >= 0.6 is 11.3 Å². The zero-order valence-corrected chi connectivity index (χ0v) is 6.69. The van der Waals surface area contributed by atoms with Gasteiger partial charge in [-0.15, -0.1) is 0 Å². The third kappa shape index (κ3) is 1.56. The number of likely N-dealkylation sites (N-methyl/N-ethyl adjacent to an activating group) is 1. The van der Waals surface area contributed by atoms with Crippen molar-refractivity contribution in [3.63, 3.8) is 0 Å². The van der Waals surface area contributed by atoms with Gasteiger partial charge in [0.15, 0.2) is 0 Å². The number of aliphatic hydroxyl groups excluding tert-OH is 1. The van der Waals surface area contributed by atoms with Crippen molar-refractivity contribution >= 4 is 11.3 Å². The molecule has 0 bridgehead atoms. The van der Waals surface area contributed by atoms with E-state index in [2.05, 4.69) is 5.32 Å². The molecule has 1 aromatic rings. The van der Waals surface area contributed by atoms with Crippen molar-refractivity contribution in [2.24, 2.45) is 0 Å². The maximum Gasteiger partial charge on any atom is 0.0626 e. The van der Waals surface area contributed by atoms with Gasteiger partial charge >= 0.3 is 0 Å². The van der Waals surface area contributed by atoms with Gasteiger partial charge in [0.05, 0.1) is 12.6 Å². The van der Waals surface area contributed by atoms with E-state index >= 15 is 0 Å². The first-order valence-corrected chi connectivity index (χ1v) is 4.13. The quantitative estimate of drug-likeness (QED) is 0.686. The van der Waals surface area contributed by atoms with Crippen molar-refractivity contribution in [2.75, 3.05) is 13.7 Å². The maximum atomic E-state index is 8.84. The van der Waals surface area contributed by atoms with Crippen LogP contribution in [0.15, 0.2) is 16.8 Å². The van der Waals surface area contributed by atoms with Crippen molar-refractivity contribution in [1.29, 1.82) is 0 Å². The van der Waals surface area contributed by atoms with E-state index in [0.717, 1.165) is 5.56 Å². The second kappa shape index (κ2) is 3.71. The Kier molecular flexibility index (Phi) is 2.86. The van der Waals surface area contributed by atoms with Gasteiger partial charge in [0, 0.05) is 0 Å². The Bertz CT molecular complexity index is 170. The summed E-state index contributed by atoms with van der Waals surface area (Å²) in [6.45, 7) is 0.160. The lowest BCUT2D eigenvalue weighted by molar-refractivity contribution is 0.251. The van der Waals surface area contributed by atoms with Crippen LogP contribution in [0.1, 0.15) is 11.6 Å². The van der Waals surface area contributed by atoms with E-state index in [0.29, 0.717) is 0 Å². The fourth-order valence-corrected chi connectivity index (χ4v) is 1.55. The molecule has 3 heteroatoms. The first-order chi connectivity index (χ1) is 4.88. The molecule has 1 aromatic heterocycles. The molecule has 0 saturated heterocycles. The Morgan fingerprint density at radius 3 is 3.00 bits per heavy atom. The number of nitrogens with one attached hydrogen (secondary N) is 1. The standard InChI is InChI=1S/C7H11NOS/c1-8-7(4-9)6-2-3-10-5-6/h2-3,5,7-9H,4H2,1H3/t7-/m1/s1. The molecule has 0 spiro atoms. The third-order valence-electron chi connectivity index (χ3n) is 1.48. The van der Waals surface area contributed by atoms with E-state index < -0.39 is 0 Å². The maximum absolute atomic E-state index is 8.84. The van der Waals surface area contributed by atoms with Crippen molar-refractivity contribution in [2.45, 2.75) is 6.04 Å². The highest BCUT2D eigenvalue weighted by Crippen LogP contribution is 2.14. The van der Waals surface area contributed by atoms with Gasteiger partial charge in [0.2, 0.25) is 0 Å². The second-order valence-corrected chi connectivity index (χ2v) is 2.86. The Balaban J connectivity index is 2.64. The van der Waals surface area contributed by atoms with Crippen molar-refractivity contribution in [3.05, 3.63) is 22.4 Å². The molecule has 0 aliphatic carbocycles. The van der Waals surface area contributed by atoms with Crippen LogP contribution in [-0.4, -0.2) is 18.8 Å². The average molecular weight is 157 g/mol. The fraction of sp³-hybridized carbons (Fsp3) is 0.429. The molecule has 2 N–H and O–H groups in total. The summed E-state index contributed by atoms with van der Waals surface area (Å²) in [4.78, 5) is 0. The smallest absolute Gasteiger partial charge is 0.0626 e. The molecule has 56 valence electrons. The van der Waals surface area contributed by atoms with Crippen LogP contribution in [-0.2, 0) is 0 Å². The fourth-order valence-electron chi connectivity index (χ4n) is 0.837.